The first-order valence-electron chi connectivity index (χ1n) is 14.8. The molecule has 7 nitrogen and oxygen atoms in total. The normalized spacial score (nSPS) is 11.0. The molecule has 0 bridgehead atoms. The van der Waals surface area contributed by atoms with Crippen LogP contribution in [0.5, 0.6) is 23.0 Å². The number of hydrogen-bond donors (Lipinski definition) is 1. The molecule has 0 saturated heterocycles. The van der Waals surface area contributed by atoms with Crippen LogP contribution in [0.2, 0.25) is 5.02 Å². The van der Waals surface area contributed by atoms with Crippen LogP contribution >= 0.6 is 11.6 Å². The number of nitrogens with one attached hydrogen (secondary N) is 1. The van der Waals surface area contributed by atoms with E-state index in [1.807, 2.05) is 105 Å². The number of nitrogens with zero attached hydrogens (tertiary/aromatic N) is 1. The first kappa shape index (κ1) is 31.4. The molecule has 0 radical (unpaired) electrons. The summed E-state index contributed by atoms with van der Waals surface area (Å²) in [5.41, 5.74) is 6.15. The van der Waals surface area contributed by atoms with Crippen LogP contribution in [0.25, 0.3) is 10.8 Å². The maximum Gasteiger partial charge on any atom is 0.244 e. The Labute approximate surface area is 268 Å². The van der Waals surface area contributed by atoms with Crippen LogP contribution in [0.3, 0.4) is 0 Å². The van der Waals surface area contributed by atoms with Gasteiger partial charge < -0.3 is 18.9 Å². The highest BCUT2D eigenvalue weighted by atomic mass is 35.5. The standard InChI is InChI=1S/C37H35ClN2O5/c1-3-42-34-20-27(17-18-33(34)44-24-26-11-6-5-7-12-26)25-45-37-32(38)19-28(21-35(37)43-4-2)23-39-40-36(41)22-30-15-10-14-29-13-8-9-16-31(29)30/h5-21,23H,3-4,22,24-25H2,1-2H3,(H,40,41)/b39-23+. The number of benzene rings is 5. The lowest BCUT2D eigenvalue weighted by atomic mass is 10.0. The van der Waals surface area contributed by atoms with Crippen molar-refractivity contribution in [1.29, 1.82) is 0 Å². The maximum absolute atomic E-state index is 12.6. The summed E-state index contributed by atoms with van der Waals surface area (Å²) in [6, 6.07) is 33.1. The zero-order valence-electron chi connectivity index (χ0n) is 25.3. The zero-order valence-corrected chi connectivity index (χ0v) is 26.1. The van der Waals surface area contributed by atoms with E-state index in [4.69, 9.17) is 30.5 Å². The van der Waals surface area contributed by atoms with Crippen molar-refractivity contribution in [1.82, 2.24) is 5.43 Å². The van der Waals surface area contributed by atoms with Gasteiger partial charge in [-0.05, 0) is 71.1 Å². The summed E-state index contributed by atoms with van der Waals surface area (Å²) in [4.78, 5) is 12.6. The Morgan fingerprint density at radius 3 is 2.29 bits per heavy atom. The maximum atomic E-state index is 12.6. The van der Waals surface area contributed by atoms with Crippen molar-refractivity contribution in [2.75, 3.05) is 13.2 Å². The molecule has 5 aromatic rings. The summed E-state index contributed by atoms with van der Waals surface area (Å²) >= 11 is 6.65. The fourth-order valence-electron chi connectivity index (χ4n) is 4.82. The molecule has 0 unspecified atom stereocenters. The summed E-state index contributed by atoms with van der Waals surface area (Å²) in [6.07, 6.45) is 1.74. The van der Waals surface area contributed by atoms with Gasteiger partial charge in [0, 0.05) is 0 Å². The van der Waals surface area contributed by atoms with Crippen molar-refractivity contribution < 1.29 is 23.7 Å². The predicted octanol–water partition coefficient (Wildman–Crippen LogP) is 8.14. The van der Waals surface area contributed by atoms with E-state index in [0.29, 0.717) is 53.4 Å². The second-order valence-electron chi connectivity index (χ2n) is 10.1. The number of fused-ring (bicyclic) bond motifs is 1. The van der Waals surface area contributed by atoms with Crippen molar-refractivity contribution in [3.05, 3.63) is 130 Å². The van der Waals surface area contributed by atoms with Gasteiger partial charge >= 0.3 is 0 Å². The number of amides is 1. The lowest BCUT2D eigenvalue weighted by Crippen LogP contribution is -2.19. The Hall–Kier alpha value is -5.01. The Morgan fingerprint density at radius 1 is 0.733 bits per heavy atom. The number of carbonyl (C=O) groups is 1. The fraction of sp³-hybridized carbons (Fsp3) is 0.189. The van der Waals surface area contributed by atoms with Gasteiger partial charge in [-0.1, -0.05) is 90.5 Å². The number of halogens is 1. The average molecular weight is 623 g/mol. The lowest BCUT2D eigenvalue weighted by molar-refractivity contribution is -0.120. The van der Waals surface area contributed by atoms with Crippen LogP contribution in [-0.4, -0.2) is 25.3 Å². The number of hydrazone groups is 1. The summed E-state index contributed by atoms with van der Waals surface area (Å²) in [7, 11) is 0. The molecule has 5 rings (SSSR count). The molecule has 0 aliphatic carbocycles. The van der Waals surface area contributed by atoms with Crippen molar-refractivity contribution in [3.8, 4) is 23.0 Å². The van der Waals surface area contributed by atoms with E-state index in [-0.39, 0.29) is 18.9 Å². The third-order valence-corrected chi connectivity index (χ3v) is 7.17. The fourth-order valence-corrected chi connectivity index (χ4v) is 5.10. The van der Waals surface area contributed by atoms with Crippen LogP contribution in [-0.2, 0) is 24.4 Å². The first-order valence-corrected chi connectivity index (χ1v) is 15.2. The summed E-state index contributed by atoms with van der Waals surface area (Å²) in [6.45, 7) is 5.40. The highest BCUT2D eigenvalue weighted by Crippen LogP contribution is 2.37. The largest absolute Gasteiger partial charge is 0.490 e. The molecule has 1 N–H and O–H groups in total. The molecule has 8 heteroatoms. The molecule has 5 aromatic carbocycles. The summed E-state index contributed by atoms with van der Waals surface area (Å²) < 4.78 is 23.9. The van der Waals surface area contributed by atoms with Crippen LogP contribution in [0.1, 0.15) is 36.1 Å². The van der Waals surface area contributed by atoms with Crippen LogP contribution in [0.15, 0.2) is 108 Å². The van der Waals surface area contributed by atoms with Crippen LogP contribution < -0.4 is 24.4 Å². The minimum atomic E-state index is -0.221. The Balaban J connectivity index is 1.23. The summed E-state index contributed by atoms with van der Waals surface area (Å²) in [5, 5.41) is 6.64. The van der Waals surface area contributed by atoms with Gasteiger partial charge in [-0.2, -0.15) is 5.10 Å². The molecule has 0 aliphatic heterocycles. The van der Waals surface area contributed by atoms with E-state index in [2.05, 4.69) is 10.5 Å². The smallest absolute Gasteiger partial charge is 0.244 e. The van der Waals surface area contributed by atoms with Gasteiger partial charge in [0.15, 0.2) is 23.0 Å². The Morgan fingerprint density at radius 2 is 1.47 bits per heavy atom. The molecule has 0 fully saturated rings. The Bertz CT molecular complexity index is 1770. The van der Waals surface area contributed by atoms with E-state index in [1.165, 1.54) is 6.21 Å². The number of carbonyl (C=O) groups excluding carboxylic acids is 1. The zero-order chi connectivity index (χ0) is 31.4. The first-order chi connectivity index (χ1) is 22.0. The van der Waals surface area contributed by atoms with Crippen molar-refractivity contribution in [3.63, 3.8) is 0 Å². The van der Waals surface area contributed by atoms with E-state index in [0.717, 1.165) is 27.5 Å². The predicted molar refractivity (Wildman–Crippen MR) is 179 cm³/mol. The van der Waals surface area contributed by atoms with E-state index in [1.54, 1.807) is 12.1 Å². The van der Waals surface area contributed by atoms with Crippen molar-refractivity contribution >= 4 is 34.5 Å². The van der Waals surface area contributed by atoms with Crippen molar-refractivity contribution in [2.45, 2.75) is 33.5 Å². The number of ether oxygens (including phenoxy) is 4. The van der Waals surface area contributed by atoms with E-state index < -0.39 is 0 Å². The molecular weight excluding hydrogens is 588 g/mol. The van der Waals surface area contributed by atoms with Gasteiger partial charge in [0.1, 0.15) is 13.2 Å². The number of hydrogen-bond acceptors (Lipinski definition) is 6. The van der Waals surface area contributed by atoms with Crippen LogP contribution in [0.4, 0.5) is 0 Å². The molecule has 0 atom stereocenters. The van der Waals surface area contributed by atoms with Crippen LogP contribution in [0, 0.1) is 0 Å². The third-order valence-electron chi connectivity index (χ3n) is 6.89. The van der Waals surface area contributed by atoms with Crippen molar-refractivity contribution in [2.24, 2.45) is 5.10 Å². The lowest BCUT2D eigenvalue weighted by Gasteiger charge is -2.16. The molecule has 45 heavy (non-hydrogen) atoms. The van der Waals surface area contributed by atoms with Gasteiger partial charge in [0.2, 0.25) is 5.91 Å². The SMILES string of the molecule is CCOc1cc(COc2c(Cl)cc(/C=N/NC(=O)Cc3cccc4ccccc34)cc2OCC)ccc1OCc1ccccc1. The molecule has 0 heterocycles. The minimum Gasteiger partial charge on any atom is -0.490 e. The highest BCUT2D eigenvalue weighted by molar-refractivity contribution is 6.32. The second-order valence-corrected chi connectivity index (χ2v) is 10.6. The summed E-state index contributed by atoms with van der Waals surface area (Å²) in [5.74, 6) is 1.96. The van der Waals surface area contributed by atoms with Gasteiger partial charge in [-0.25, -0.2) is 5.43 Å². The molecule has 1 amide bonds. The molecule has 0 spiro atoms. The highest BCUT2D eigenvalue weighted by Gasteiger charge is 2.14. The van der Waals surface area contributed by atoms with E-state index >= 15 is 0 Å². The van der Waals surface area contributed by atoms with Gasteiger partial charge in [0.25, 0.3) is 0 Å². The molecule has 0 saturated carbocycles. The average Bonchev–Trinajstić information content (AvgIpc) is 3.05. The van der Waals surface area contributed by atoms with Gasteiger partial charge in [-0.15, -0.1) is 0 Å². The Kier molecular flexibility index (Phi) is 10.9. The molecule has 0 aliphatic rings. The van der Waals surface area contributed by atoms with Gasteiger partial charge in [0.05, 0.1) is 30.9 Å². The quantitative estimate of drug-likeness (QED) is 0.0999. The number of rotatable bonds is 14. The third kappa shape index (κ3) is 8.55. The van der Waals surface area contributed by atoms with Gasteiger partial charge in [-0.3, -0.25) is 4.79 Å². The molecular formula is C37H35ClN2O5. The topological polar surface area (TPSA) is 78.4 Å². The molecule has 0 aromatic heterocycles. The second kappa shape index (κ2) is 15.6. The van der Waals surface area contributed by atoms with E-state index in [9.17, 15) is 4.79 Å². The monoisotopic (exact) mass is 622 g/mol. The minimum absolute atomic E-state index is 0.210. The molecule has 230 valence electrons.